The van der Waals surface area contributed by atoms with E-state index in [4.69, 9.17) is 0 Å². The zero-order valence-corrected chi connectivity index (χ0v) is 15.8. The molecule has 3 rings (SSSR count). The van der Waals surface area contributed by atoms with E-state index in [1.807, 2.05) is 12.3 Å². The van der Waals surface area contributed by atoms with E-state index in [2.05, 4.69) is 77.5 Å². The van der Waals surface area contributed by atoms with Crippen molar-refractivity contribution in [3.63, 3.8) is 0 Å². The van der Waals surface area contributed by atoms with Crippen molar-refractivity contribution in [3.05, 3.63) is 65.1 Å². The minimum absolute atomic E-state index is 0.548. The zero-order chi connectivity index (χ0) is 18.5. The third kappa shape index (κ3) is 4.17. The predicted octanol–water partition coefficient (Wildman–Crippen LogP) is 5.10. The van der Waals surface area contributed by atoms with Crippen molar-refractivity contribution in [3.8, 4) is 0 Å². The lowest BCUT2D eigenvalue weighted by Gasteiger charge is -2.11. The van der Waals surface area contributed by atoms with Gasteiger partial charge in [0.15, 0.2) is 0 Å². The lowest BCUT2D eigenvalue weighted by atomic mass is 10.1. The lowest BCUT2D eigenvalue weighted by Crippen LogP contribution is -2.03. The highest BCUT2D eigenvalue weighted by atomic mass is 15.1. The van der Waals surface area contributed by atoms with Crippen LogP contribution in [0.25, 0.3) is 0 Å². The van der Waals surface area contributed by atoms with Gasteiger partial charge in [0, 0.05) is 17.6 Å². The standard InChI is InChI=1S/C21H25N5/c1-5-16-12-18(13-23-19(16)6-2)25-21-22-10-9-20(26-21)24-17-8-7-14(3)15(4)11-17/h7-13H,5-6H2,1-4H3,(H2,22,24,25,26). The number of nitrogens with zero attached hydrogens (tertiary/aromatic N) is 3. The van der Waals surface area contributed by atoms with E-state index >= 15 is 0 Å². The van der Waals surface area contributed by atoms with Crippen molar-refractivity contribution < 1.29 is 0 Å². The summed E-state index contributed by atoms with van der Waals surface area (Å²) in [5, 5.41) is 6.58. The smallest absolute Gasteiger partial charge is 0.229 e. The zero-order valence-electron chi connectivity index (χ0n) is 15.8. The maximum absolute atomic E-state index is 4.55. The summed E-state index contributed by atoms with van der Waals surface area (Å²) in [6.07, 6.45) is 5.48. The average molecular weight is 347 g/mol. The molecule has 1 aromatic carbocycles. The molecule has 0 spiro atoms. The average Bonchev–Trinajstić information content (AvgIpc) is 2.65. The van der Waals surface area contributed by atoms with Gasteiger partial charge in [-0.1, -0.05) is 19.9 Å². The van der Waals surface area contributed by atoms with Crippen molar-refractivity contribution in [1.82, 2.24) is 15.0 Å². The van der Waals surface area contributed by atoms with Crippen LogP contribution < -0.4 is 10.6 Å². The Morgan fingerprint density at radius 2 is 1.69 bits per heavy atom. The first-order valence-electron chi connectivity index (χ1n) is 9.01. The second-order valence-electron chi connectivity index (χ2n) is 6.35. The van der Waals surface area contributed by atoms with E-state index in [0.717, 1.165) is 35.7 Å². The fraction of sp³-hybridized carbons (Fsp3) is 0.286. The van der Waals surface area contributed by atoms with Crippen LogP contribution in [0.1, 0.15) is 36.2 Å². The van der Waals surface area contributed by atoms with Gasteiger partial charge in [-0.15, -0.1) is 0 Å². The third-order valence-corrected chi connectivity index (χ3v) is 4.47. The summed E-state index contributed by atoms with van der Waals surface area (Å²) in [4.78, 5) is 13.4. The van der Waals surface area contributed by atoms with Crippen molar-refractivity contribution in [2.45, 2.75) is 40.5 Å². The normalized spacial score (nSPS) is 10.6. The van der Waals surface area contributed by atoms with Gasteiger partial charge in [-0.05, 0) is 67.6 Å². The van der Waals surface area contributed by atoms with Crippen molar-refractivity contribution in [2.75, 3.05) is 10.6 Å². The molecule has 2 N–H and O–H groups in total. The Hall–Kier alpha value is -2.95. The largest absolute Gasteiger partial charge is 0.340 e. The van der Waals surface area contributed by atoms with Gasteiger partial charge in [0.2, 0.25) is 5.95 Å². The molecule has 0 saturated heterocycles. The molecule has 5 nitrogen and oxygen atoms in total. The van der Waals surface area contributed by atoms with Gasteiger partial charge in [-0.3, -0.25) is 4.98 Å². The second kappa shape index (κ2) is 7.95. The Morgan fingerprint density at radius 1 is 0.846 bits per heavy atom. The number of aryl methyl sites for hydroxylation is 4. The number of pyridine rings is 1. The Bertz CT molecular complexity index is 905. The van der Waals surface area contributed by atoms with E-state index in [1.165, 1.54) is 16.7 Å². The van der Waals surface area contributed by atoms with E-state index in [1.54, 1.807) is 6.20 Å². The van der Waals surface area contributed by atoms with Crippen LogP contribution in [-0.2, 0) is 12.8 Å². The van der Waals surface area contributed by atoms with E-state index in [-0.39, 0.29) is 0 Å². The highest BCUT2D eigenvalue weighted by Crippen LogP contribution is 2.21. The molecule has 0 atom stereocenters. The van der Waals surface area contributed by atoms with Crippen LogP contribution in [-0.4, -0.2) is 15.0 Å². The highest BCUT2D eigenvalue weighted by Gasteiger charge is 2.05. The Kier molecular flexibility index (Phi) is 5.46. The molecule has 134 valence electrons. The van der Waals surface area contributed by atoms with Crippen molar-refractivity contribution >= 4 is 23.1 Å². The SMILES string of the molecule is CCc1cc(Nc2nccc(Nc3ccc(C)c(C)c3)n2)cnc1CC. The quantitative estimate of drug-likeness (QED) is 0.649. The molecular formula is C21H25N5. The molecule has 0 radical (unpaired) electrons. The molecule has 0 aliphatic heterocycles. The number of aromatic nitrogens is 3. The van der Waals surface area contributed by atoms with Crippen LogP contribution in [0, 0.1) is 13.8 Å². The molecule has 0 unspecified atom stereocenters. The lowest BCUT2D eigenvalue weighted by molar-refractivity contribution is 0.964. The molecule has 5 heteroatoms. The molecule has 0 bridgehead atoms. The summed E-state index contributed by atoms with van der Waals surface area (Å²) in [5.74, 6) is 1.30. The first kappa shape index (κ1) is 17.9. The number of benzene rings is 1. The van der Waals surface area contributed by atoms with E-state index in [9.17, 15) is 0 Å². The molecule has 0 amide bonds. The summed E-state index contributed by atoms with van der Waals surface area (Å²) in [7, 11) is 0. The van der Waals surface area contributed by atoms with Gasteiger partial charge in [-0.2, -0.15) is 4.98 Å². The monoisotopic (exact) mass is 347 g/mol. The molecule has 2 heterocycles. The van der Waals surface area contributed by atoms with Gasteiger partial charge in [0.05, 0.1) is 11.9 Å². The molecule has 0 fully saturated rings. The fourth-order valence-electron chi connectivity index (χ4n) is 2.82. The van der Waals surface area contributed by atoms with Gasteiger partial charge in [0.1, 0.15) is 5.82 Å². The third-order valence-electron chi connectivity index (χ3n) is 4.47. The van der Waals surface area contributed by atoms with Crippen LogP contribution in [0.5, 0.6) is 0 Å². The van der Waals surface area contributed by atoms with E-state index < -0.39 is 0 Å². The van der Waals surface area contributed by atoms with Crippen molar-refractivity contribution in [1.29, 1.82) is 0 Å². The van der Waals surface area contributed by atoms with Crippen LogP contribution in [0.4, 0.5) is 23.1 Å². The minimum atomic E-state index is 0.548. The molecule has 0 saturated carbocycles. The fourth-order valence-corrected chi connectivity index (χ4v) is 2.82. The first-order chi connectivity index (χ1) is 12.6. The van der Waals surface area contributed by atoms with Crippen molar-refractivity contribution in [2.24, 2.45) is 0 Å². The Morgan fingerprint density at radius 3 is 2.42 bits per heavy atom. The molecular weight excluding hydrogens is 322 g/mol. The van der Waals surface area contributed by atoms with Crippen LogP contribution in [0.2, 0.25) is 0 Å². The molecule has 2 aromatic heterocycles. The van der Waals surface area contributed by atoms with Crippen LogP contribution in [0.15, 0.2) is 42.7 Å². The molecule has 0 aliphatic rings. The maximum Gasteiger partial charge on any atom is 0.229 e. The second-order valence-corrected chi connectivity index (χ2v) is 6.35. The number of hydrogen-bond acceptors (Lipinski definition) is 5. The molecule has 3 aromatic rings. The molecule has 26 heavy (non-hydrogen) atoms. The summed E-state index contributed by atoms with van der Waals surface area (Å²) < 4.78 is 0. The summed E-state index contributed by atoms with van der Waals surface area (Å²) >= 11 is 0. The topological polar surface area (TPSA) is 62.7 Å². The first-order valence-corrected chi connectivity index (χ1v) is 9.01. The summed E-state index contributed by atoms with van der Waals surface area (Å²) in [6, 6.07) is 10.3. The summed E-state index contributed by atoms with van der Waals surface area (Å²) in [5.41, 5.74) is 6.83. The summed E-state index contributed by atoms with van der Waals surface area (Å²) in [6.45, 7) is 8.48. The predicted molar refractivity (Wildman–Crippen MR) is 108 cm³/mol. The minimum Gasteiger partial charge on any atom is -0.340 e. The van der Waals surface area contributed by atoms with Crippen LogP contribution in [0.3, 0.4) is 0 Å². The number of rotatable bonds is 6. The van der Waals surface area contributed by atoms with Gasteiger partial charge < -0.3 is 10.6 Å². The highest BCUT2D eigenvalue weighted by molar-refractivity contribution is 5.60. The number of hydrogen-bond donors (Lipinski definition) is 2. The van der Waals surface area contributed by atoms with E-state index in [0.29, 0.717) is 5.95 Å². The van der Waals surface area contributed by atoms with Gasteiger partial charge in [-0.25, -0.2) is 4.98 Å². The maximum atomic E-state index is 4.55. The number of anilines is 4. The van der Waals surface area contributed by atoms with Crippen LogP contribution >= 0.6 is 0 Å². The molecule has 0 aliphatic carbocycles. The van der Waals surface area contributed by atoms with Gasteiger partial charge >= 0.3 is 0 Å². The Labute approximate surface area is 154 Å². The number of nitrogens with one attached hydrogen (secondary N) is 2. The van der Waals surface area contributed by atoms with Gasteiger partial charge in [0.25, 0.3) is 0 Å². The Balaban J connectivity index is 1.78.